The molecule has 0 bridgehead atoms. The van der Waals surface area contributed by atoms with Crippen molar-refractivity contribution in [1.82, 2.24) is 4.98 Å². The Morgan fingerprint density at radius 2 is 2.38 bits per heavy atom. The summed E-state index contributed by atoms with van der Waals surface area (Å²) in [5.41, 5.74) is 5.52. The number of hydrogen-bond donors (Lipinski definition) is 3. The summed E-state index contributed by atoms with van der Waals surface area (Å²) in [4.78, 5) is 3.99. The number of fused-ring (bicyclic) bond motifs is 3. The van der Waals surface area contributed by atoms with E-state index in [0.29, 0.717) is 11.8 Å². The van der Waals surface area contributed by atoms with Crippen molar-refractivity contribution in [3.63, 3.8) is 0 Å². The molecular formula is C9H12N3O4+. The Hall–Kier alpha value is -1.44. The van der Waals surface area contributed by atoms with Gasteiger partial charge in [0, 0.05) is 11.1 Å². The molecule has 3 heterocycles. The molecule has 1 saturated heterocycles. The first-order chi connectivity index (χ1) is 7.70. The number of nitrogens with zero attached hydrogens (tertiary/aromatic N) is 2. The lowest BCUT2D eigenvalue weighted by Crippen LogP contribution is -2.39. The normalized spacial score (nSPS) is 35.6. The van der Waals surface area contributed by atoms with Crippen LogP contribution in [0.25, 0.3) is 0 Å². The molecule has 0 radical (unpaired) electrons. The number of anilines is 1. The fraction of sp³-hybridized carbons (Fsp3) is 0.556. The molecule has 0 spiro atoms. The van der Waals surface area contributed by atoms with Crippen LogP contribution in [0, 0.1) is 0 Å². The molecule has 2 aliphatic heterocycles. The Morgan fingerprint density at radius 1 is 1.56 bits per heavy atom. The molecule has 1 fully saturated rings. The summed E-state index contributed by atoms with van der Waals surface area (Å²) < 4.78 is 12.6. The van der Waals surface area contributed by atoms with Crippen molar-refractivity contribution in [3.8, 4) is 6.01 Å². The lowest BCUT2D eigenvalue weighted by atomic mass is 10.1. The Morgan fingerprint density at radius 3 is 3.12 bits per heavy atom. The third kappa shape index (κ3) is 1.19. The fourth-order valence-corrected chi connectivity index (χ4v) is 2.05. The van der Waals surface area contributed by atoms with Gasteiger partial charge >= 0.3 is 6.01 Å². The van der Waals surface area contributed by atoms with Gasteiger partial charge in [-0.3, -0.25) is 0 Å². The van der Waals surface area contributed by atoms with Crippen LogP contribution in [0.4, 0.5) is 5.82 Å². The molecule has 0 saturated carbocycles. The molecule has 1 aromatic rings. The van der Waals surface area contributed by atoms with Crippen LogP contribution in [0.2, 0.25) is 0 Å². The maximum atomic E-state index is 9.82. The van der Waals surface area contributed by atoms with E-state index in [1.54, 1.807) is 16.8 Å². The van der Waals surface area contributed by atoms with Crippen LogP contribution in [0.5, 0.6) is 6.01 Å². The molecule has 7 heteroatoms. The SMILES string of the molecule is Nc1cc[n+]2c(n1)OC1C(O)C(CO)OC12. The lowest BCUT2D eigenvalue weighted by Gasteiger charge is -2.11. The molecule has 4 N–H and O–H groups in total. The van der Waals surface area contributed by atoms with Gasteiger partial charge in [0.25, 0.3) is 0 Å². The van der Waals surface area contributed by atoms with Gasteiger partial charge in [0.05, 0.1) is 6.61 Å². The number of rotatable bonds is 1. The van der Waals surface area contributed by atoms with Crippen molar-refractivity contribution in [1.29, 1.82) is 0 Å². The average molecular weight is 226 g/mol. The van der Waals surface area contributed by atoms with Gasteiger partial charge in [0.15, 0.2) is 0 Å². The molecular weight excluding hydrogens is 214 g/mol. The van der Waals surface area contributed by atoms with Gasteiger partial charge in [-0.15, -0.1) is 0 Å². The maximum Gasteiger partial charge on any atom is 0.503 e. The zero-order valence-electron chi connectivity index (χ0n) is 8.35. The highest BCUT2D eigenvalue weighted by Gasteiger charge is 2.55. The van der Waals surface area contributed by atoms with Gasteiger partial charge in [-0.25, -0.2) is 0 Å². The van der Waals surface area contributed by atoms with E-state index in [2.05, 4.69) is 4.98 Å². The Kier molecular flexibility index (Phi) is 2.00. The first kappa shape index (κ1) is 9.76. The molecule has 0 aliphatic carbocycles. The van der Waals surface area contributed by atoms with Crippen LogP contribution in [-0.2, 0) is 4.74 Å². The predicted molar refractivity (Wildman–Crippen MR) is 50.3 cm³/mol. The van der Waals surface area contributed by atoms with Crippen molar-refractivity contribution >= 4 is 5.82 Å². The van der Waals surface area contributed by atoms with E-state index in [4.69, 9.17) is 20.3 Å². The van der Waals surface area contributed by atoms with Crippen LogP contribution in [-0.4, -0.2) is 40.1 Å². The Labute approximate surface area is 91.0 Å². The summed E-state index contributed by atoms with van der Waals surface area (Å²) >= 11 is 0. The number of aromatic nitrogens is 2. The van der Waals surface area contributed by atoms with Gasteiger partial charge in [-0.2, -0.15) is 4.57 Å². The summed E-state index contributed by atoms with van der Waals surface area (Å²) in [7, 11) is 0. The van der Waals surface area contributed by atoms with E-state index in [0.717, 1.165) is 0 Å². The van der Waals surface area contributed by atoms with Crippen molar-refractivity contribution in [2.24, 2.45) is 0 Å². The third-order valence-electron chi connectivity index (χ3n) is 2.86. The third-order valence-corrected chi connectivity index (χ3v) is 2.86. The number of nitrogens with two attached hydrogens (primary N) is 1. The fourth-order valence-electron chi connectivity index (χ4n) is 2.05. The van der Waals surface area contributed by atoms with Gasteiger partial charge in [-0.05, 0) is 0 Å². The lowest BCUT2D eigenvalue weighted by molar-refractivity contribution is -0.746. The molecule has 0 amide bonds. The van der Waals surface area contributed by atoms with E-state index < -0.39 is 24.5 Å². The molecule has 16 heavy (non-hydrogen) atoms. The number of hydrogen-bond acceptors (Lipinski definition) is 6. The van der Waals surface area contributed by atoms with Crippen LogP contribution >= 0.6 is 0 Å². The highest BCUT2D eigenvalue weighted by atomic mass is 16.6. The quantitative estimate of drug-likeness (QED) is 0.477. The first-order valence-corrected chi connectivity index (χ1v) is 4.99. The van der Waals surface area contributed by atoms with Crippen LogP contribution in [0.15, 0.2) is 12.3 Å². The molecule has 0 aromatic carbocycles. The molecule has 4 atom stereocenters. The van der Waals surface area contributed by atoms with E-state index in [1.807, 2.05) is 0 Å². The summed E-state index contributed by atoms with van der Waals surface area (Å²) in [5.74, 6) is 0.347. The average Bonchev–Trinajstić information content (AvgIpc) is 2.75. The summed E-state index contributed by atoms with van der Waals surface area (Å²) in [5, 5.41) is 18.8. The van der Waals surface area contributed by atoms with Crippen molar-refractivity contribution in [2.75, 3.05) is 12.3 Å². The molecule has 1 aromatic heterocycles. The standard InChI is InChI=1S/C9H11N3O4/c10-5-1-2-12-8-7(16-9(12)11-5)6(14)4(3-13)15-8/h1-2,4,6-8,10,13-14H,3H2/p+1. The number of ether oxygens (including phenoxy) is 2. The van der Waals surface area contributed by atoms with Gasteiger partial charge in [-0.1, -0.05) is 0 Å². The van der Waals surface area contributed by atoms with Gasteiger partial charge in [0.2, 0.25) is 18.1 Å². The van der Waals surface area contributed by atoms with Crippen LogP contribution in [0.1, 0.15) is 6.23 Å². The smallest absolute Gasteiger partial charge is 0.414 e. The Balaban J connectivity index is 1.96. The van der Waals surface area contributed by atoms with E-state index in [9.17, 15) is 5.11 Å². The van der Waals surface area contributed by atoms with Gasteiger partial charge in [0.1, 0.15) is 18.4 Å². The van der Waals surface area contributed by atoms with Gasteiger partial charge < -0.3 is 25.4 Å². The monoisotopic (exact) mass is 226 g/mol. The second kappa shape index (κ2) is 3.27. The molecule has 3 rings (SSSR count). The highest BCUT2D eigenvalue weighted by molar-refractivity contribution is 5.25. The highest BCUT2D eigenvalue weighted by Crippen LogP contribution is 2.33. The zero-order valence-corrected chi connectivity index (χ0v) is 8.35. The minimum absolute atomic E-state index is 0.240. The van der Waals surface area contributed by atoms with E-state index in [1.165, 1.54) is 0 Å². The van der Waals surface area contributed by atoms with E-state index in [-0.39, 0.29) is 6.61 Å². The largest absolute Gasteiger partial charge is 0.503 e. The maximum absolute atomic E-state index is 9.82. The number of aliphatic hydroxyl groups excluding tert-OH is 2. The number of aliphatic hydroxyl groups is 2. The second-order valence-corrected chi connectivity index (χ2v) is 3.86. The predicted octanol–water partition coefficient (Wildman–Crippen LogP) is -2.04. The molecule has 7 nitrogen and oxygen atoms in total. The number of nitrogen functional groups attached to an aromatic ring is 1. The molecule has 2 aliphatic rings. The zero-order chi connectivity index (χ0) is 11.3. The topological polar surface area (TPSA) is 102 Å². The minimum atomic E-state index is -0.863. The summed E-state index contributed by atoms with van der Waals surface area (Å²) in [6, 6.07) is 1.95. The Bertz CT molecular complexity index is 427. The molecule has 86 valence electrons. The minimum Gasteiger partial charge on any atom is -0.414 e. The summed E-state index contributed by atoms with van der Waals surface area (Å²) in [6.45, 7) is -0.240. The van der Waals surface area contributed by atoms with Crippen molar-refractivity contribution < 1.29 is 24.3 Å². The van der Waals surface area contributed by atoms with Crippen LogP contribution < -0.4 is 15.0 Å². The second-order valence-electron chi connectivity index (χ2n) is 3.86. The first-order valence-electron chi connectivity index (χ1n) is 4.99. The summed E-state index contributed by atoms with van der Waals surface area (Å²) in [6.07, 6.45) is -0.776. The molecule has 4 unspecified atom stereocenters. The van der Waals surface area contributed by atoms with Crippen molar-refractivity contribution in [2.45, 2.75) is 24.5 Å². The van der Waals surface area contributed by atoms with E-state index >= 15 is 0 Å². The van der Waals surface area contributed by atoms with Crippen LogP contribution in [0.3, 0.4) is 0 Å². The van der Waals surface area contributed by atoms with Crippen molar-refractivity contribution in [3.05, 3.63) is 12.3 Å².